The molecular formula is C18H18N4O3S. The molecule has 0 bridgehead atoms. The van der Waals surface area contributed by atoms with Gasteiger partial charge in [0.1, 0.15) is 5.82 Å². The second-order valence-electron chi connectivity index (χ2n) is 5.85. The summed E-state index contributed by atoms with van der Waals surface area (Å²) in [5.41, 5.74) is 2.91. The summed E-state index contributed by atoms with van der Waals surface area (Å²) in [5, 5.41) is 8.99. The van der Waals surface area contributed by atoms with Crippen LogP contribution < -0.4 is 10.0 Å². The number of hydrogen-bond acceptors (Lipinski definition) is 4. The van der Waals surface area contributed by atoms with E-state index >= 15 is 0 Å². The molecule has 3 N–H and O–H groups in total. The first-order chi connectivity index (χ1) is 12.3. The molecule has 26 heavy (non-hydrogen) atoms. The van der Waals surface area contributed by atoms with E-state index in [1.54, 1.807) is 18.2 Å². The molecule has 0 fully saturated rings. The molecule has 3 aromatic rings. The van der Waals surface area contributed by atoms with Gasteiger partial charge in [0.25, 0.3) is 15.9 Å². The third-order valence-corrected chi connectivity index (χ3v) is 5.33. The van der Waals surface area contributed by atoms with Crippen LogP contribution in [0.4, 0.5) is 11.5 Å². The number of nitrogens with one attached hydrogen (secondary N) is 3. The molecule has 2 aromatic carbocycles. The van der Waals surface area contributed by atoms with Gasteiger partial charge in [0.2, 0.25) is 0 Å². The van der Waals surface area contributed by atoms with Gasteiger partial charge in [-0.2, -0.15) is 5.10 Å². The molecule has 134 valence electrons. The fourth-order valence-electron chi connectivity index (χ4n) is 2.32. The van der Waals surface area contributed by atoms with Crippen molar-refractivity contribution in [1.82, 2.24) is 10.2 Å². The number of aromatic nitrogens is 2. The molecule has 0 saturated carbocycles. The SMILES string of the molecule is Cc1ccc(NS(=O)(=O)c2ccc(C(=O)Nc3ccn[nH]3)cc2)cc1C. The van der Waals surface area contributed by atoms with Crippen molar-refractivity contribution in [2.75, 3.05) is 10.0 Å². The van der Waals surface area contributed by atoms with Crippen molar-refractivity contribution < 1.29 is 13.2 Å². The largest absolute Gasteiger partial charge is 0.307 e. The summed E-state index contributed by atoms with van der Waals surface area (Å²) < 4.78 is 27.6. The highest BCUT2D eigenvalue weighted by Crippen LogP contribution is 2.19. The van der Waals surface area contributed by atoms with E-state index in [2.05, 4.69) is 20.2 Å². The lowest BCUT2D eigenvalue weighted by Gasteiger charge is -2.10. The Hall–Kier alpha value is -3.13. The molecule has 7 nitrogen and oxygen atoms in total. The van der Waals surface area contributed by atoms with Crippen molar-refractivity contribution in [3.8, 4) is 0 Å². The molecule has 0 spiro atoms. The standard InChI is InChI=1S/C18H18N4O3S/c1-12-3-6-15(11-13(12)2)22-26(24,25)16-7-4-14(5-8-16)18(23)20-17-9-10-19-21-17/h3-11,22H,1-2H3,(H2,19,20,21,23). The maximum Gasteiger partial charge on any atom is 0.261 e. The van der Waals surface area contributed by atoms with Crippen LogP contribution in [0.2, 0.25) is 0 Å². The second-order valence-corrected chi connectivity index (χ2v) is 7.54. The lowest BCUT2D eigenvalue weighted by Crippen LogP contribution is -2.15. The van der Waals surface area contributed by atoms with Crippen molar-refractivity contribution >= 4 is 27.4 Å². The van der Waals surface area contributed by atoms with Gasteiger partial charge in [-0.3, -0.25) is 14.6 Å². The monoisotopic (exact) mass is 370 g/mol. The van der Waals surface area contributed by atoms with Crippen LogP contribution in [0.15, 0.2) is 59.6 Å². The van der Waals surface area contributed by atoms with Crippen LogP contribution >= 0.6 is 0 Å². The highest BCUT2D eigenvalue weighted by molar-refractivity contribution is 7.92. The summed E-state index contributed by atoms with van der Waals surface area (Å²) in [4.78, 5) is 12.2. The molecule has 0 aliphatic carbocycles. The van der Waals surface area contributed by atoms with Crippen LogP contribution in [0, 0.1) is 13.8 Å². The van der Waals surface area contributed by atoms with Gasteiger partial charge in [-0.05, 0) is 61.4 Å². The van der Waals surface area contributed by atoms with Crippen molar-refractivity contribution in [2.45, 2.75) is 18.7 Å². The maximum absolute atomic E-state index is 12.5. The number of H-pyrrole nitrogens is 1. The minimum Gasteiger partial charge on any atom is -0.307 e. The van der Waals surface area contributed by atoms with Crippen LogP contribution in [0.3, 0.4) is 0 Å². The number of nitrogens with zero attached hydrogens (tertiary/aromatic N) is 1. The highest BCUT2D eigenvalue weighted by atomic mass is 32.2. The molecular weight excluding hydrogens is 352 g/mol. The fourth-order valence-corrected chi connectivity index (χ4v) is 3.37. The first kappa shape index (κ1) is 17.7. The van der Waals surface area contributed by atoms with Crippen molar-refractivity contribution in [3.05, 3.63) is 71.4 Å². The van der Waals surface area contributed by atoms with E-state index in [4.69, 9.17) is 0 Å². The van der Waals surface area contributed by atoms with Gasteiger partial charge >= 0.3 is 0 Å². The summed E-state index contributed by atoms with van der Waals surface area (Å²) in [6.07, 6.45) is 1.52. The van der Waals surface area contributed by atoms with E-state index < -0.39 is 10.0 Å². The summed E-state index contributed by atoms with van der Waals surface area (Å²) in [6, 6.07) is 12.7. The lowest BCUT2D eigenvalue weighted by molar-refractivity contribution is 0.102. The Morgan fingerprint density at radius 1 is 1.00 bits per heavy atom. The van der Waals surface area contributed by atoms with Gasteiger partial charge in [0.05, 0.1) is 11.1 Å². The molecule has 0 unspecified atom stereocenters. The van der Waals surface area contributed by atoms with E-state index in [0.717, 1.165) is 11.1 Å². The van der Waals surface area contributed by atoms with Gasteiger partial charge in [-0.1, -0.05) is 6.07 Å². The molecule has 0 saturated heterocycles. The van der Waals surface area contributed by atoms with Crippen LogP contribution in [-0.4, -0.2) is 24.5 Å². The first-order valence-electron chi connectivity index (χ1n) is 7.86. The zero-order valence-electron chi connectivity index (χ0n) is 14.3. The Morgan fingerprint density at radius 2 is 1.73 bits per heavy atom. The smallest absolute Gasteiger partial charge is 0.261 e. The molecule has 0 aliphatic rings. The third kappa shape index (κ3) is 3.92. The number of hydrogen-bond donors (Lipinski definition) is 3. The third-order valence-electron chi connectivity index (χ3n) is 3.93. The van der Waals surface area contributed by atoms with Crippen molar-refractivity contribution in [2.24, 2.45) is 0 Å². The number of amides is 1. The minimum atomic E-state index is -3.73. The van der Waals surface area contributed by atoms with Crippen molar-refractivity contribution in [1.29, 1.82) is 0 Å². The zero-order chi connectivity index (χ0) is 18.7. The number of anilines is 2. The summed E-state index contributed by atoms with van der Waals surface area (Å²) in [7, 11) is -3.73. The number of carbonyl (C=O) groups is 1. The van der Waals surface area contributed by atoms with Crippen LogP contribution in [0.25, 0.3) is 0 Å². The normalized spacial score (nSPS) is 11.2. The summed E-state index contributed by atoms with van der Waals surface area (Å²) in [6.45, 7) is 3.88. The molecule has 1 heterocycles. The zero-order valence-corrected chi connectivity index (χ0v) is 15.1. The number of aryl methyl sites for hydroxylation is 2. The molecule has 0 aliphatic heterocycles. The van der Waals surface area contributed by atoms with Gasteiger partial charge in [0.15, 0.2) is 0 Å². The molecule has 1 aromatic heterocycles. The Balaban J connectivity index is 1.76. The first-order valence-corrected chi connectivity index (χ1v) is 9.34. The molecule has 8 heteroatoms. The number of benzene rings is 2. The Morgan fingerprint density at radius 3 is 2.35 bits per heavy atom. The number of aromatic amines is 1. The summed E-state index contributed by atoms with van der Waals surface area (Å²) in [5.74, 6) is 0.100. The average molecular weight is 370 g/mol. The minimum absolute atomic E-state index is 0.0776. The van der Waals surface area contributed by atoms with E-state index in [1.165, 1.54) is 30.5 Å². The van der Waals surface area contributed by atoms with E-state index in [-0.39, 0.29) is 10.8 Å². The lowest BCUT2D eigenvalue weighted by atomic mass is 10.1. The van der Waals surface area contributed by atoms with Gasteiger partial charge in [0, 0.05) is 17.3 Å². The average Bonchev–Trinajstić information content (AvgIpc) is 3.11. The van der Waals surface area contributed by atoms with Crippen LogP contribution in [0.1, 0.15) is 21.5 Å². The number of carbonyl (C=O) groups excluding carboxylic acids is 1. The molecule has 0 atom stereocenters. The Bertz CT molecular complexity index is 1030. The molecule has 1 amide bonds. The van der Waals surface area contributed by atoms with Crippen molar-refractivity contribution in [3.63, 3.8) is 0 Å². The van der Waals surface area contributed by atoms with Crippen LogP contribution in [0.5, 0.6) is 0 Å². The Labute approximate surface area is 151 Å². The topological polar surface area (TPSA) is 104 Å². The predicted octanol–water partition coefficient (Wildman–Crippen LogP) is 3.08. The maximum atomic E-state index is 12.5. The van der Waals surface area contributed by atoms with E-state index in [1.807, 2.05) is 19.9 Å². The quantitative estimate of drug-likeness (QED) is 0.642. The summed E-state index contributed by atoms with van der Waals surface area (Å²) >= 11 is 0. The van der Waals surface area contributed by atoms with E-state index in [0.29, 0.717) is 17.1 Å². The Kier molecular flexibility index (Phi) is 4.77. The predicted molar refractivity (Wildman–Crippen MR) is 99.7 cm³/mol. The van der Waals surface area contributed by atoms with E-state index in [9.17, 15) is 13.2 Å². The molecule has 0 radical (unpaired) electrons. The highest BCUT2D eigenvalue weighted by Gasteiger charge is 2.16. The van der Waals surface area contributed by atoms with Gasteiger partial charge < -0.3 is 5.32 Å². The van der Waals surface area contributed by atoms with Gasteiger partial charge in [-0.15, -0.1) is 0 Å². The number of rotatable bonds is 5. The fraction of sp³-hybridized carbons (Fsp3) is 0.111. The molecule has 3 rings (SSSR count). The number of sulfonamides is 1. The van der Waals surface area contributed by atoms with Crippen LogP contribution in [-0.2, 0) is 10.0 Å². The second kappa shape index (κ2) is 7.01. The van der Waals surface area contributed by atoms with Gasteiger partial charge in [-0.25, -0.2) is 8.42 Å².